The van der Waals surface area contributed by atoms with Crippen molar-refractivity contribution in [1.82, 2.24) is 0 Å². The molecule has 0 N–H and O–H groups in total. The highest BCUT2D eigenvalue weighted by Crippen LogP contribution is 2.21. The van der Waals surface area contributed by atoms with Crippen molar-refractivity contribution >= 4 is 0 Å². The second-order valence-electron chi connectivity index (χ2n) is 3.68. The molecule has 0 saturated carbocycles. The zero-order chi connectivity index (χ0) is 11.8. The van der Waals surface area contributed by atoms with Gasteiger partial charge in [-0.25, -0.2) is 0 Å². The summed E-state index contributed by atoms with van der Waals surface area (Å²) in [5, 5.41) is 3.40. The maximum atomic E-state index is 8.09. The van der Waals surface area contributed by atoms with Crippen LogP contribution in [-0.4, -0.2) is 13.2 Å². The molecule has 0 saturated heterocycles. The Hall–Kier alpha value is -1.67. The minimum absolute atomic E-state index is 0.365. The molecule has 1 aromatic carbocycles. The van der Waals surface area contributed by atoms with Gasteiger partial charge in [-0.1, -0.05) is 31.1 Å². The van der Waals surface area contributed by atoms with E-state index in [1.165, 1.54) is 5.56 Å². The highest BCUT2D eigenvalue weighted by Gasteiger charge is 2.02. The Morgan fingerprint density at radius 3 is 2.62 bits per heavy atom. The molecule has 0 spiro atoms. The van der Waals surface area contributed by atoms with Crippen LogP contribution in [0.15, 0.2) is 29.4 Å². The van der Waals surface area contributed by atoms with E-state index in [1.54, 1.807) is 0 Å². The topological polar surface area (TPSA) is 58.0 Å². The molecule has 0 aromatic heterocycles. The number of nitrogens with zero attached hydrogens (tertiary/aromatic N) is 3. The summed E-state index contributed by atoms with van der Waals surface area (Å²) in [7, 11) is 0. The van der Waals surface area contributed by atoms with Crippen LogP contribution in [0, 0.1) is 0 Å². The molecule has 0 aliphatic carbocycles. The average molecular weight is 219 g/mol. The van der Waals surface area contributed by atoms with E-state index in [-0.39, 0.29) is 0 Å². The van der Waals surface area contributed by atoms with Gasteiger partial charge in [0.1, 0.15) is 5.75 Å². The van der Waals surface area contributed by atoms with E-state index >= 15 is 0 Å². The van der Waals surface area contributed by atoms with Gasteiger partial charge in [0.2, 0.25) is 0 Å². The fraction of sp³-hybridized carbons (Fsp3) is 0.500. The predicted molar refractivity (Wildman–Crippen MR) is 64.7 cm³/mol. The van der Waals surface area contributed by atoms with Gasteiger partial charge in [-0.3, -0.25) is 0 Å². The van der Waals surface area contributed by atoms with E-state index in [0.717, 1.165) is 12.2 Å². The standard InChI is InChI=1S/C12H17N3O/c1-3-10(2)11-4-6-12(7-5-11)16-9-8-14-15-13/h4-7,10H,3,8-9H2,1-2H3. The van der Waals surface area contributed by atoms with Crippen molar-refractivity contribution in [1.29, 1.82) is 0 Å². The molecule has 0 heterocycles. The second-order valence-corrected chi connectivity index (χ2v) is 3.68. The highest BCUT2D eigenvalue weighted by atomic mass is 16.5. The van der Waals surface area contributed by atoms with Gasteiger partial charge in [0.25, 0.3) is 0 Å². The van der Waals surface area contributed by atoms with Crippen molar-refractivity contribution in [3.63, 3.8) is 0 Å². The van der Waals surface area contributed by atoms with E-state index in [4.69, 9.17) is 10.3 Å². The van der Waals surface area contributed by atoms with Crippen molar-refractivity contribution in [2.24, 2.45) is 5.11 Å². The Morgan fingerprint density at radius 1 is 1.38 bits per heavy atom. The Balaban J connectivity index is 2.48. The Kier molecular flexibility index (Phi) is 5.23. The van der Waals surface area contributed by atoms with Crippen molar-refractivity contribution in [3.05, 3.63) is 40.3 Å². The van der Waals surface area contributed by atoms with Gasteiger partial charge in [-0.05, 0) is 35.6 Å². The van der Waals surface area contributed by atoms with Gasteiger partial charge >= 0.3 is 0 Å². The number of benzene rings is 1. The molecule has 86 valence electrons. The average Bonchev–Trinajstić information content (AvgIpc) is 2.34. The highest BCUT2D eigenvalue weighted by molar-refractivity contribution is 5.29. The number of hydrogen-bond acceptors (Lipinski definition) is 2. The first-order valence-corrected chi connectivity index (χ1v) is 5.51. The number of ether oxygens (including phenoxy) is 1. The van der Waals surface area contributed by atoms with Gasteiger partial charge in [0, 0.05) is 4.91 Å². The summed E-state index contributed by atoms with van der Waals surface area (Å²) in [5.41, 5.74) is 9.41. The molecular weight excluding hydrogens is 202 g/mol. The van der Waals surface area contributed by atoms with E-state index < -0.39 is 0 Å². The van der Waals surface area contributed by atoms with Crippen LogP contribution in [0.3, 0.4) is 0 Å². The van der Waals surface area contributed by atoms with Crippen LogP contribution in [-0.2, 0) is 0 Å². The zero-order valence-corrected chi connectivity index (χ0v) is 9.76. The first-order chi connectivity index (χ1) is 7.77. The zero-order valence-electron chi connectivity index (χ0n) is 9.76. The summed E-state index contributed by atoms with van der Waals surface area (Å²) in [5.74, 6) is 1.40. The van der Waals surface area contributed by atoms with Crippen molar-refractivity contribution in [2.45, 2.75) is 26.2 Å². The van der Waals surface area contributed by atoms with Gasteiger partial charge in [-0.15, -0.1) is 0 Å². The van der Waals surface area contributed by atoms with Crippen LogP contribution in [0.5, 0.6) is 5.75 Å². The third kappa shape index (κ3) is 3.83. The molecular formula is C12H17N3O. The van der Waals surface area contributed by atoms with Gasteiger partial charge in [0.05, 0.1) is 13.2 Å². The molecule has 1 unspecified atom stereocenters. The Bertz CT molecular complexity index is 355. The van der Waals surface area contributed by atoms with E-state index in [0.29, 0.717) is 19.1 Å². The summed E-state index contributed by atoms with van der Waals surface area (Å²) in [6.45, 7) is 5.17. The van der Waals surface area contributed by atoms with Crippen molar-refractivity contribution < 1.29 is 4.74 Å². The van der Waals surface area contributed by atoms with Crippen LogP contribution in [0.25, 0.3) is 10.4 Å². The molecule has 1 atom stereocenters. The molecule has 16 heavy (non-hydrogen) atoms. The van der Waals surface area contributed by atoms with Crippen LogP contribution in [0.2, 0.25) is 0 Å². The summed E-state index contributed by atoms with van der Waals surface area (Å²) < 4.78 is 5.41. The van der Waals surface area contributed by atoms with Crippen LogP contribution < -0.4 is 4.74 Å². The van der Waals surface area contributed by atoms with Crippen molar-refractivity contribution in [2.75, 3.05) is 13.2 Å². The first kappa shape index (κ1) is 12.4. The predicted octanol–water partition coefficient (Wildman–Crippen LogP) is 3.89. The molecule has 0 aliphatic heterocycles. The second kappa shape index (κ2) is 6.75. The molecule has 4 nitrogen and oxygen atoms in total. The lowest BCUT2D eigenvalue weighted by atomic mass is 9.99. The third-order valence-corrected chi connectivity index (χ3v) is 2.58. The van der Waals surface area contributed by atoms with Crippen LogP contribution >= 0.6 is 0 Å². The molecule has 0 aliphatic rings. The first-order valence-electron chi connectivity index (χ1n) is 5.51. The number of rotatable bonds is 6. The minimum Gasteiger partial charge on any atom is -0.493 e. The lowest BCUT2D eigenvalue weighted by Crippen LogP contribution is -2.00. The smallest absolute Gasteiger partial charge is 0.119 e. The third-order valence-electron chi connectivity index (χ3n) is 2.58. The SMILES string of the molecule is CCC(C)c1ccc(OCCN=[N+]=[N-])cc1. The number of hydrogen-bond donors (Lipinski definition) is 0. The summed E-state index contributed by atoms with van der Waals surface area (Å²) in [6.07, 6.45) is 1.14. The molecule has 4 heteroatoms. The fourth-order valence-corrected chi connectivity index (χ4v) is 1.38. The van der Waals surface area contributed by atoms with Gasteiger partial charge in [-0.2, -0.15) is 0 Å². The Morgan fingerprint density at radius 2 is 2.06 bits per heavy atom. The summed E-state index contributed by atoms with van der Waals surface area (Å²) in [4.78, 5) is 2.66. The van der Waals surface area contributed by atoms with E-state index in [9.17, 15) is 0 Å². The monoisotopic (exact) mass is 219 g/mol. The lowest BCUT2D eigenvalue weighted by molar-refractivity contribution is 0.328. The molecule has 1 aromatic rings. The largest absolute Gasteiger partial charge is 0.493 e. The summed E-state index contributed by atoms with van der Waals surface area (Å²) >= 11 is 0. The molecule has 0 fully saturated rings. The lowest BCUT2D eigenvalue weighted by Gasteiger charge is -2.10. The molecule has 0 radical (unpaired) electrons. The van der Waals surface area contributed by atoms with Crippen LogP contribution in [0.1, 0.15) is 31.7 Å². The van der Waals surface area contributed by atoms with Gasteiger partial charge < -0.3 is 4.74 Å². The quantitative estimate of drug-likeness (QED) is 0.310. The Labute approximate surface area is 95.9 Å². The fourth-order valence-electron chi connectivity index (χ4n) is 1.38. The van der Waals surface area contributed by atoms with Crippen molar-refractivity contribution in [3.8, 4) is 5.75 Å². The molecule has 1 rings (SSSR count). The summed E-state index contributed by atoms with van der Waals surface area (Å²) in [6, 6.07) is 8.07. The molecule has 0 amide bonds. The van der Waals surface area contributed by atoms with E-state index in [2.05, 4.69) is 36.0 Å². The maximum Gasteiger partial charge on any atom is 0.119 e. The maximum absolute atomic E-state index is 8.09. The minimum atomic E-state index is 0.365. The van der Waals surface area contributed by atoms with Crippen LogP contribution in [0.4, 0.5) is 0 Å². The molecule has 0 bridgehead atoms. The van der Waals surface area contributed by atoms with Gasteiger partial charge in [0.15, 0.2) is 0 Å². The van der Waals surface area contributed by atoms with E-state index in [1.807, 2.05) is 12.1 Å². The number of azide groups is 1. The normalized spacial score (nSPS) is 11.6.